The monoisotopic (exact) mass is 409 g/mol. The van der Waals surface area contributed by atoms with Gasteiger partial charge in [0, 0.05) is 0 Å². The molecule has 4 rings (SSSR count). The van der Waals surface area contributed by atoms with E-state index >= 15 is 0 Å². The van der Waals surface area contributed by atoms with Crippen molar-refractivity contribution in [1.82, 2.24) is 9.38 Å². The first-order valence-electron chi connectivity index (χ1n) is 8.90. The lowest BCUT2D eigenvalue weighted by Gasteiger charge is -2.09. The van der Waals surface area contributed by atoms with Crippen molar-refractivity contribution in [2.75, 3.05) is 13.7 Å². The Hall–Kier alpha value is -3.39. The largest absolute Gasteiger partial charge is 0.493 e. The number of fused-ring (bicyclic) bond motifs is 3. The molecule has 2 N–H and O–H groups in total. The molecule has 4 aromatic rings. The van der Waals surface area contributed by atoms with Gasteiger partial charge in [-0.2, -0.15) is 0 Å². The van der Waals surface area contributed by atoms with E-state index < -0.39 is 5.91 Å². The predicted molar refractivity (Wildman–Crippen MR) is 113 cm³/mol. The highest BCUT2D eigenvalue weighted by Crippen LogP contribution is 2.28. The molecule has 2 aromatic heterocycles. The number of nitrogens with two attached hydrogens (primary N) is 1. The summed E-state index contributed by atoms with van der Waals surface area (Å²) in [6.45, 7) is 3.81. The Balaban J connectivity index is 1.80. The average Bonchev–Trinajstić information content (AvgIpc) is 3.17. The van der Waals surface area contributed by atoms with E-state index in [1.54, 1.807) is 28.7 Å². The first kappa shape index (κ1) is 18.9. The number of thiazole rings is 1. The molecule has 2 heterocycles. The van der Waals surface area contributed by atoms with Crippen molar-refractivity contribution in [3.8, 4) is 11.5 Å². The molecule has 29 heavy (non-hydrogen) atoms. The minimum absolute atomic E-state index is 0.108. The van der Waals surface area contributed by atoms with Crippen molar-refractivity contribution in [2.45, 2.75) is 13.8 Å². The number of rotatable bonds is 5. The van der Waals surface area contributed by atoms with Crippen LogP contribution in [-0.4, -0.2) is 29.0 Å². The van der Waals surface area contributed by atoms with Crippen LogP contribution in [0.15, 0.2) is 35.1 Å². The van der Waals surface area contributed by atoms with Crippen LogP contribution in [0.25, 0.3) is 22.1 Å². The molecule has 148 valence electrons. The summed E-state index contributed by atoms with van der Waals surface area (Å²) >= 11 is 1.34. The molecule has 0 atom stereocenters. The second-order valence-electron chi connectivity index (χ2n) is 6.74. The summed E-state index contributed by atoms with van der Waals surface area (Å²) in [5.74, 6) is 0.284. The summed E-state index contributed by atoms with van der Waals surface area (Å²) in [6, 6.07) is 9.20. The fraction of sp³-hybridized carbons (Fsp3) is 0.190. The fourth-order valence-corrected chi connectivity index (χ4v) is 4.10. The van der Waals surface area contributed by atoms with Gasteiger partial charge in [-0.1, -0.05) is 17.4 Å². The third kappa shape index (κ3) is 3.42. The number of hydrogen-bond acceptors (Lipinski definition) is 6. The standard InChI is InChI=1S/C21H19N3O4S/c1-11-6-14-15(7-12(11)2)24-20(26)18(29-21(24)23-14)9-13-4-5-16(17(8-13)27-3)28-10-19(22)25/h4-9H,10H2,1-3H3,(H2,22,25)/b18-9-. The number of carbonyl (C=O) groups is 1. The number of ether oxygens (including phenoxy) is 2. The molecule has 0 aliphatic heterocycles. The lowest BCUT2D eigenvalue weighted by molar-refractivity contribution is -0.119. The van der Waals surface area contributed by atoms with Crippen LogP contribution in [-0.2, 0) is 4.79 Å². The lowest BCUT2D eigenvalue weighted by Crippen LogP contribution is -2.22. The molecule has 1 amide bonds. The van der Waals surface area contributed by atoms with Crippen LogP contribution in [0.4, 0.5) is 0 Å². The SMILES string of the molecule is COc1cc(/C=c2\sc3nc4cc(C)c(C)cc4n3c2=O)ccc1OCC(N)=O. The minimum Gasteiger partial charge on any atom is -0.493 e. The second kappa shape index (κ2) is 7.21. The van der Waals surface area contributed by atoms with Gasteiger partial charge in [0.15, 0.2) is 23.1 Å². The van der Waals surface area contributed by atoms with Gasteiger partial charge in [-0.05, 0) is 60.9 Å². The fourth-order valence-electron chi connectivity index (χ4n) is 3.11. The van der Waals surface area contributed by atoms with Crippen molar-refractivity contribution in [3.63, 3.8) is 0 Å². The van der Waals surface area contributed by atoms with Gasteiger partial charge in [0.05, 0.1) is 22.7 Å². The highest BCUT2D eigenvalue weighted by molar-refractivity contribution is 7.15. The maximum Gasteiger partial charge on any atom is 0.274 e. The number of methoxy groups -OCH3 is 1. The Labute approximate surface area is 170 Å². The zero-order valence-corrected chi connectivity index (χ0v) is 17.0. The van der Waals surface area contributed by atoms with Gasteiger partial charge in [-0.3, -0.25) is 9.59 Å². The molecule has 8 heteroatoms. The first-order valence-corrected chi connectivity index (χ1v) is 9.72. The van der Waals surface area contributed by atoms with Crippen LogP contribution in [0, 0.1) is 13.8 Å². The van der Waals surface area contributed by atoms with Gasteiger partial charge >= 0.3 is 0 Å². The molecule has 0 aliphatic carbocycles. The summed E-state index contributed by atoms with van der Waals surface area (Å²) in [7, 11) is 1.50. The number of imidazole rings is 1. The minimum atomic E-state index is -0.571. The van der Waals surface area contributed by atoms with Gasteiger partial charge in [0.25, 0.3) is 11.5 Å². The van der Waals surface area contributed by atoms with Crippen molar-refractivity contribution in [3.05, 3.63) is 61.9 Å². The van der Waals surface area contributed by atoms with Gasteiger partial charge in [0.1, 0.15) is 0 Å². The predicted octanol–water partition coefficient (Wildman–Crippen LogP) is 1.95. The summed E-state index contributed by atoms with van der Waals surface area (Å²) in [6.07, 6.45) is 1.79. The summed E-state index contributed by atoms with van der Waals surface area (Å²) in [5.41, 5.74) is 9.67. The zero-order chi connectivity index (χ0) is 20.7. The Kier molecular flexibility index (Phi) is 4.71. The zero-order valence-electron chi connectivity index (χ0n) is 16.2. The number of nitrogens with zero attached hydrogens (tertiary/aromatic N) is 2. The third-order valence-corrected chi connectivity index (χ3v) is 5.68. The molecule has 0 saturated carbocycles. The molecule has 7 nitrogen and oxygen atoms in total. The molecular weight excluding hydrogens is 390 g/mol. The van der Waals surface area contributed by atoms with E-state index in [9.17, 15) is 9.59 Å². The van der Waals surface area contributed by atoms with E-state index in [-0.39, 0.29) is 12.2 Å². The maximum absolute atomic E-state index is 13.0. The van der Waals surface area contributed by atoms with E-state index in [4.69, 9.17) is 15.2 Å². The van der Waals surface area contributed by atoms with Gasteiger partial charge in [-0.25, -0.2) is 9.38 Å². The molecule has 0 fully saturated rings. The van der Waals surface area contributed by atoms with Gasteiger partial charge in [0.2, 0.25) is 0 Å². The van der Waals surface area contributed by atoms with Crippen LogP contribution in [0.5, 0.6) is 11.5 Å². The maximum atomic E-state index is 13.0. The number of aromatic nitrogens is 2. The average molecular weight is 409 g/mol. The molecule has 0 aliphatic rings. The summed E-state index contributed by atoms with van der Waals surface area (Å²) < 4.78 is 12.9. The Bertz CT molecular complexity index is 1370. The number of aryl methyl sites for hydroxylation is 2. The highest BCUT2D eigenvalue weighted by Gasteiger charge is 2.13. The topological polar surface area (TPSA) is 95.9 Å². The van der Waals surface area contributed by atoms with E-state index in [1.807, 2.05) is 26.0 Å². The lowest BCUT2D eigenvalue weighted by atomic mass is 10.1. The van der Waals surface area contributed by atoms with Crippen LogP contribution < -0.4 is 25.3 Å². The molecule has 0 spiro atoms. The normalized spacial score (nSPS) is 12.0. The van der Waals surface area contributed by atoms with Crippen LogP contribution >= 0.6 is 11.3 Å². The van der Waals surface area contributed by atoms with E-state index in [0.29, 0.717) is 21.0 Å². The first-order chi connectivity index (χ1) is 13.9. The molecule has 0 saturated heterocycles. The van der Waals surface area contributed by atoms with Gasteiger partial charge in [-0.15, -0.1) is 0 Å². The summed E-state index contributed by atoms with van der Waals surface area (Å²) in [4.78, 5) is 29.2. The van der Waals surface area contributed by atoms with E-state index in [0.717, 1.165) is 27.7 Å². The number of hydrogen-bond donors (Lipinski definition) is 1. The third-order valence-electron chi connectivity index (χ3n) is 4.71. The van der Waals surface area contributed by atoms with E-state index in [2.05, 4.69) is 4.98 Å². The molecule has 0 unspecified atom stereocenters. The number of benzene rings is 2. The Morgan fingerprint density at radius 1 is 1.21 bits per heavy atom. The highest BCUT2D eigenvalue weighted by atomic mass is 32.1. The quantitative estimate of drug-likeness (QED) is 0.544. The van der Waals surface area contributed by atoms with Gasteiger partial charge < -0.3 is 15.2 Å². The van der Waals surface area contributed by atoms with Crippen molar-refractivity contribution in [2.24, 2.45) is 5.73 Å². The number of amides is 1. The molecule has 0 bridgehead atoms. The Morgan fingerprint density at radius 3 is 2.69 bits per heavy atom. The van der Waals surface area contributed by atoms with Crippen molar-refractivity contribution >= 4 is 39.3 Å². The molecule has 0 radical (unpaired) electrons. The number of carbonyl (C=O) groups excluding carboxylic acids is 1. The van der Waals surface area contributed by atoms with Crippen molar-refractivity contribution in [1.29, 1.82) is 0 Å². The summed E-state index contributed by atoms with van der Waals surface area (Å²) in [5, 5.41) is 0. The molecule has 2 aromatic carbocycles. The Morgan fingerprint density at radius 2 is 1.97 bits per heavy atom. The second-order valence-corrected chi connectivity index (χ2v) is 7.75. The van der Waals surface area contributed by atoms with E-state index in [1.165, 1.54) is 18.4 Å². The molecular formula is C21H19N3O4S. The van der Waals surface area contributed by atoms with Crippen LogP contribution in [0.3, 0.4) is 0 Å². The van der Waals surface area contributed by atoms with Crippen LogP contribution in [0.1, 0.15) is 16.7 Å². The van der Waals surface area contributed by atoms with Crippen molar-refractivity contribution < 1.29 is 14.3 Å². The number of primary amides is 1. The van der Waals surface area contributed by atoms with Crippen LogP contribution in [0.2, 0.25) is 0 Å². The smallest absolute Gasteiger partial charge is 0.274 e.